The zero-order valence-corrected chi connectivity index (χ0v) is 15.7. The van der Waals surface area contributed by atoms with E-state index < -0.39 is 0 Å². The van der Waals surface area contributed by atoms with Crippen molar-refractivity contribution in [3.05, 3.63) is 59.1 Å². The Kier molecular flexibility index (Phi) is 6.32. The SMILES string of the molecule is Cc1ccc(OCC(=O)NCC2CN(c3cccc(Cl)c3)C(=O)CO2)cc1. The van der Waals surface area contributed by atoms with Crippen molar-refractivity contribution in [2.24, 2.45) is 0 Å². The first kappa shape index (κ1) is 19.2. The van der Waals surface area contributed by atoms with Gasteiger partial charge in [0, 0.05) is 17.3 Å². The molecule has 2 amide bonds. The predicted molar refractivity (Wildman–Crippen MR) is 103 cm³/mol. The zero-order valence-electron chi connectivity index (χ0n) is 15.0. The molecule has 3 rings (SSSR count). The molecule has 2 aromatic rings. The summed E-state index contributed by atoms with van der Waals surface area (Å²) in [5, 5.41) is 3.34. The van der Waals surface area contributed by atoms with E-state index in [0.29, 0.717) is 23.9 Å². The lowest BCUT2D eigenvalue weighted by atomic mass is 10.2. The van der Waals surface area contributed by atoms with Crippen molar-refractivity contribution >= 4 is 29.1 Å². The monoisotopic (exact) mass is 388 g/mol. The summed E-state index contributed by atoms with van der Waals surface area (Å²) in [6.45, 7) is 2.51. The molecule has 7 heteroatoms. The van der Waals surface area contributed by atoms with Crippen molar-refractivity contribution in [2.45, 2.75) is 13.0 Å². The van der Waals surface area contributed by atoms with Gasteiger partial charge < -0.3 is 19.7 Å². The summed E-state index contributed by atoms with van der Waals surface area (Å²) >= 11 is 6.00. The second-order valence-electron chi connectivity index (χ2n) is 6.32. The number of carbonyl (C=O) groups excluding carboxylic acids is 2. The molecule has 0 bridgehead atoms. The number of nitrogens with one attached hydrogen (secondary N) is 1. The van der Waals surface area contributed by atoms with Gasteiger partial charge in [-0.1, -0.05) is 35.4 Å². The Bertz CT molecular complexity index is 810. The molecule has 1 atom stereocenters. The number of halogens is 1. The first-order valence-corrected chi connectivity index (χ1v) is 9.03. The van der Waals surface area contributed by atoms with Gasteiger partial charge in [-0.25, -0.2) is 0 Å². The maximum atomic E-state index is 12.1. The van der Waals surface area contributed by atoms with Crippen molar-refractivity contribution in [1.29, 1.82) is 0 Å². The third-order valence-electron chi connectivity index (χ3n) is 4.17. The fraction of sp³-hybridized carbons (Fsp3) is 0.300. The van der Waals surface area contributed by atoms with Crippen LogP contribution >= 0.6 is 11.6 Å². The molecular weight excluding hydrogens is 368 g/mol. The van der Waals surface area contributed by atoms with Crippen LogP contribution < -0.4 is 15.0 Å². The Hall–Kier alpha value is -2.57. The van der Waals surface area contributed by atoms with Gasteiger partial charge in [-0.3, -0.25) is 9.59 Å². The number of ether oxygens (including phenoxy) is 2. The molecule has 0 aromatic heterocycles. The number of rotatable bonds is 6. The number of nitrogens with zero attached hydrogens (tertiary/aromatic N) is 1. The Labute approximate surface area is 163 Å². The van der Waals surface area contributed by atoms with Crippen molar-refractivity contribution in [2.75, 3.05) is 31.2 Å². The van der Waals surface area contributed by atoms with E-state index in [1.807, 2.05) is 37.3 Å². The van der Waals surface area contributed by atoms with Gasteiger partial charge in [0.05, 0.1) is 12.6 Å². The summed E-state index contributed by atoms with van der Waals surface area (Å²) in [6.07, 6.45) is -0.301. The number of morpholine rings is 1. The van der Waals surface area contributed by atoms with Gasteiger partial charge in [0.1, 0.15) is 12.4 Å². The van der Waals surface area contributed by atoms with Gasteiger partial charge >= 0.3 is 0 Å². The highest BCUT2D eigenvalue weighted by Crippen LogP contribution is 2.22. The summed E-state index contributed by atoms with van der Waals surface area (Å²) in [7, 11) is 0. The van der Waals surface area contributed by atoms with Crippen LogP contribution in [0.1, 0.15) is 5.56 Å². The summed E-state index contributed by atoms with van der Waals surface area (Å²) in [5.41, 5.74) is 1.84. The lowest BCUT2D eigenvalue weighted by Gasteiger charge is -2.33. The van der Waals surface area contributed by atoms with Crippen LogP contribution in [0.4, 0.5) is 5.69 Å². The van der Waals surface area contributed by atoms with E-state index >= 15 is 0 Å². The molecule has 2 aromatic carbocycles. The van der Waals surface area contributed by atoms with Gasteiger partial charge in [-0.2, -0.15) is 0 Å². The van der Waals surface area contributed by atoms with Crippen molar-refractivity contribution < 1.29 is 19.1 Å². The Morgan fingerprint density at radius 1 is 1.30 bits per heavy atom. The number of hydrogen-bond acceptors (Lipinski definition) is 4. The summed E-state index contributed by atoms with van der Waals surface area (Å²) in [4.78, 5) is 25.7. The van der Waals surface area contributed by atoms with Crippen LogP contribution in [0.2, 0.25) is 5.02 Å². The lowest BCUT2D eigenvalue weighted by molar-refractivity contribution is -0.130. The summed E-state index contributed by atoms with van der Waals surface area (Å²) in [6, 6.07) is 14.6. The number of benzene rings is 2. The van der Waals surface area contributed by atoms with Crippen molar-refractivity contribution in [1.82, 2.24) is 5.32 Å². The number of hydrogen-bond donors (Lipinski definition) is 1. The quantitative estimate of drug-likeness (QED) is 0.825. The van der Waals surface area contributed by atoms with E-state index in [1.165, 1.54) is 0 Å². The summed E-state index contributed by atoms with van der Waals surface area (Å²) < 4.78 is 11.0. The highest BCUT2D eigenvalue weighted by atomic mass is 35.5. The second-order valence-corrected chi connectivity index (χ2v) is 6.76. The highest BCUT2D eigenvalue weighted by molar-refractivity contribution is 6.30. The molecule has 0 radical (unpaired) electrons. The maximum Gasteiger partial charge on any atom is 0.258 e. The number of aryl methyl sites for hydroxylation is 1. The molecular formula is C20H21ClN2O4. The average Bonchev–Trinajstić information content (AvgIpc) is 2.67. The van der Waals surface area contributed by atoms with E-state index in [2.05, 4.69) is 5.32 Å². The van der Waals surface area contributed by atoms with Crippen molar-refractivity contribution in [3.63, 3.8) is 0 Å². The van der Waals surface area contributed by atoms with Crippen LogP contribution in [0.25, 0.3) is 0 Å². The lowest BCUT2D eigenvalue weighted by Crippen LogP contribution is -2.51. The molecule has 1 unspecified atom stereocenters. The predicted octanol–water partition coefficient (Wildman–Crippen LogP) is 2.58. The van der Waals surface area contributed by atoms with Crippen LogP contribution in [0.3, 0.4) is 0 Å². The molecule has 1 N–H and O–H groups in total. The van der Waals surface area contributed by atoms with Crippen LogP contribution in [0.5, 0.6) is 5.75 Å². The fourth-order valence-corrected chi connectivity index (χ4v) is 2.89. The topological polar surface area (TPSA) is 67.9 Å². The maximum absolute atomic E-state index is 12.1. The largest absolute Gasteiger partial charge is 0.484 e. The molecule has 142 valence electrons. The first-order valence-electron chi connectivity index (χ1n) is 8.65. The Morgan fingerprint density at radius 3 is 2.81 bits per heavy atom. The zero-order chi connectivity index (χ0) is 19.2. The smallest absolute Gasteiger partial charge is 0.258 e. The molecule has 27 heavy (non-hydrogen) atoms. The number of amides is 2. The van der Waals surface area contributed by atoms with E-state index in [1.54, 1.807) is 23.1 Å². The minimum Gasteiger partial charge on any atom is -0.484 e. The van der Waals surface area contributed by atoms with Crippen LogP contribution in [0.15, 0.2) is 48.5 Å². The number of carbonyl (C=O) groups is 2. The standard InChI is InChI=1S/C20H21ClN2O4/c1-14-5-7-17(8-6-14)26-12-19(24)22-10-18-11-23(20(25)13-27-18)16-4-2-3-15(21)9-16/h2-9,18H,10-13H2,1H3,(H,22,24). The molecule has 0 spiro atoms. The molecule has 1 heterocycles. The minimum atomic E-state index is -0.301. The fourth-order valence-electron chi connectivity index (χ4n) is 2.70. The van der Waals surface area contributed by atoms with E-state index in [-0.39, 0.29) is 31.1 Å². The molecule has 6 nitrogen and oxygen atoms in total. The van der Waals surface area contributed by atoms with Crippen LogP contribution in [-0.4, -0.2) is 44.2 Å². The molecule has 0 aliphatic carbocycles. The normalized spacial score (nSPS) is 16.9. The minimum absolute atomic E-state index is 0.0348. The highest BCUT2D eigenvalue weighted by Gasteiger charge is 2.27. The molecule has 1 aliphatic rings. The van der Waals surface area contributed by atoms with Gasteiger partial charge in [0.25, 0.3) is 11.8 Å². The van der Waals surface area contributed by atoms with Gasteiger partial charge in [-0.05, 0) is 37.3 Å². The van der Waals surface area contributed by atoms with Crippen molar-refractivity contribution in [3.8, 4) is 5.75 Å². The van der Waals surface area contributed by atoms with Gasteiger partial charge in [-0.15, -0.1) is 0 Å². The molecule has 1 aliphatic heterocycles. The van der Waals surface area contributed by atoms with E-state index in [9.17, 15) is 9.59 Å². The van der Waals surface area contributed by atoms with Crippen LogP contribution in [0, 0.1) is 6.92 Å². The summed E-state index contributed by atoms with van der Waals surface area (Å²) in [5.74, 6) is 0.260. The average molecular weight is 389 g/mol. The second kappa shape index (κ2) is 8.88. The van der Waals surface area contributed by atoms with Gasteiger partial charge in [0.15, 0.2) is 6.61 Å². The Balaban J connectivity index is 1.48. The first-order chi connectivity index (χ1) is 13.0. The van der Waals surface area contributed by atoms with Gasteiger partial charge in [0.2, 0.25) is 0 Å². The third-order valence-corrected chi connectivity index (χ3v) is 4.40. The Morgan fingerprint density at radius 2 is 2.07 bits per heavy atom. The third kappa shape index (κ3) is 5.45. The van der Waals surface area contributed by atoms with E-state index in [0.717, 1.165) is 11.3 Å². The molecule has 1 fully saturated rings. The van der Waals surface area contributed by atoms with Crippen LogP contribution in [-0.2, 0) is 14.3 Å². The number of anilines is 1. The molecule has 1 saturated heterocycles. The molecule has 0 saturated carbocycles. The van der Waals surface area contributed by atoms with E-state index in [4.69, 9.17) is 21.1 Å².